The van der Waals surface area contributed by atoms with E-state index < -0.39 is 11.6 Å². The normalized spacial score (nSPS) is 17.6. The van der Waals surface area contributed by atoms with Crippen molar-refractivity contribution in [2.75, 3.05) is 26.2 Å². The fraction of sp³-hybridized carbons (Fsp3) is 0.600. The van der Waals surface area contributed by atoms with Crippen molar-refractivity contribution in [3.8, 4) is 0 Å². The van der Waals surface area contributed by atoms with Crippen molar-refractivity contribution in [2.24, 2.45) is 0 Å². The molecule has 0 amide bonds. The number of halogens is 2. The lowest BCUT2D eigenvalue weighted by Gasteiger charge is -2.29. The van der Waals surface area contributed by atoms with E-state index in [1.807, 2.05) is 0 Å². The monoisotopic (exact) mass is 284 g/mol. The number of aliphatic hydroxyl groups is 1. The molecule has 0 bridgehead atoms. The minimum atomic E-state index is -0.805. The van der Waals surface area contributed by atoms with Gasteiger partial charge in [-0.1, -0.05) is 6.07 Å². The van der Waals surface area contributed by atoms with E-state index in [0.29, 0.717) is 6.54 Å². The molecule has 0 saturated carbocycles. The van der Waals surface area contributed by atoms with Crippen LogP contribution in [0.25, 0.3) is 0 Å². The van der Waals surface area contributed by atoms with Crippen LogP contribution in [-0.2, 0) is 6.54 Å². The van der Waals surface area contributed by atoms with E-state index >= 15 is 0 Å². The second kappa shape index (κ2) is 7.67. The molecule has 0 unspecified atom stereocenters. The van der Waals surface area contributed by atoms with Crippen molar-refractivity contribution < 1.29 is 13.9 Å². The summed E-state index contributed by atoms with van der Waals surface area (Å²) in [5.74, 6) is -1.60. The largest absolute Gasteiger partial charge is 0.393 e. The Labute approximate surface area is 118 Å². The number of aliphatic hydroxyl groups excluding tert-OH is 1. The molecule has 1 aliphatic rings. The molecule has 0 aromatic heterocycles. The molecule has 3 nitrogen and oxygen atoms in total. The molecule has 2 N–H and O–H groups in total. The van der Waals surface area contributed by atoms with Gasteiger partial charge < -0.3 is 15.3 Å². The number of benzene rings is 1. The third-order valence-corrected chi connectivity index (χ3v) is 3.70. The van der Waals surface area contributed by atoms with Crippen LogP contribution in [0.15, 0.2) is 18.2 Å². The minimum absolute atomic E-state index is 0.127. The maximum absolute atomic E-state index is 13.0. The SMILES string of the molecule is OC1CCN(CCCNCc2ccc(F)c(F)c2)CC1. The molecule has 112 valence electrons. The second-order valence-corrected chi connectivity index (χ2v) is 5.35. The molecule has 1 aliphatic heterocycles. The zero-order valence-electron chi connectivity index (χ0n) is 11.6. The van der Waals surface area contributed by atoms with Gasteiger partial charge in [-0.05, 0) is 50.0 Å². The van der Waals surface area contributed by atoms with Crippen molar-refractivity contribution >= 4 is 0 Å². The van der Waals surface area contributed by atoms with Crippen LogP contribution in [0.5, 0.6) is 0 Å². The van der Waals surface area contributed by atoms with Crippen LogP contribution in [0.4, 0.5) is 8.78 Å². The van der Waals surface area contributed by atoms with Gasteiger partial charge in [-0.2, -0.15) is 0 Å². The molecule has 5 heteroatoms. The van der Waals surface area contributed by atoms with Crippen LogP contribution in [0.1, 0.15) is 24.8 Å². The summed E-state index contributed by atoms with van der Waals surface area (Å²) in [6.07, 6.45) is 2.61. The van der Waals surface area contributed by atoms with E-state index in [-0.39, 0.29) is 6.10 Å². The molecule has 1 aromatic rings. The number of nitrogens with one attached hydrogen (secondary N) is 1. The average Bonchev–Trinajstić information content (AvgIpc) is 2.44. The average molecular weight is 284 g/mol. The van der Waals surface area contributed by atoms with Crippen molar-refractivity contribution in [1.29, 1.82) is 0 Å². The number of nitrogens with zero attached hydrogens (tertiary/aromatic N) is 1. The number of rotatable bonds is 6. The number of hydrogen-bond donors (Lipinski definition) is 2. The van der Waals surface area contributed by atoms with Crippen molar-refractivity contribution in [3.63, 3.8) is 0 Å². The Bertz CT molecular complexity index is 420. The minimum Gasteiger partial charge on any atom is -0.393 e. The topological polar surface area (TPSA) is 35.5 Å². The highest BCUT2D eigenvalue weighted by Gasteiger charge is 2.15. The summed E-state index contributed by atoms with van der Waals surface area (Å²) in [5, 5.41) is 12.6. The first-order valence-electron chi connectivity index (χ1n) is 7.20. The van der Waals surface area contributed by atoms with Crippen LogP contribution in [0.3, 0.4) is 0 Å². The van der Waals surface area contributed by atoms with E-state index in [1.54, 1.807) is 6.07 Å². The van der Waals surface area contributed by atoms with E-state index in [9.17, 15) is 13.9 Å². The maximum atomic E-state index is 13.0. The van der Waals surface area contributed by atoms with Crippen LogP contribution >= 0.6 is 0 Å². The zero-order chi connectivity index (χ0) is 14.4. The van der Waals surface area contributed by atoms with Gasteiger partial charge in [-0.3, -0.25) is 0 Å². The van der Waals surface area contributed by atoms with Crippen molar-refractivity contribution in [3.05, 3.63) is 35.4 Å². The lowest BCUT2D eigenvalue weighted by Crippen LogP contribution is -2.37. The summed E-state index contributed by atoms with van der Waals surface area (Å²) in [7, 11) is 0. The van der Waals surface area contributed by atoms with Crippen LogP contribution in [0.2, 0.25) is 0 Å². The molecule has 1 aromatic carbocycles. The third kappa shape index (κ3) is 4.81. The Hall–Kier alpha value is -1.04. The molecular weight excluding hydrogens is 262 g/mol. The molecule has 1 heterocycles. The Balaban J connectivity index is 1.58. The second-order valence-electron chi connectivity index (χ2n) is 5.35. The van der Waals surface area contributed by atoms with Crippen LogP contribution in [0, 0.1) is 11.6 Å². The van der Waals surface area contributed by atoms with Gasteiger partial charge >= 0.3 is 0 Å². The molecule has 0 radical (unpaired) electrons. The molecule has 0 aliphatic carbocycles. The highest BCUT2D eigenvalue weighted by molar-refractivity contribution is 5.17. The number of likely N-dealkylation sites (tertiary alicyclic amines) is 1. The standard InChI is InChI=1S/C15H22F2N2O/c16-14-3-2-12(10-15(14)17)11-18-6-1-7-19-8-4-13(20)5-9-19/h2-3,10,13,18,20H,1,4-9,11H2. The molecule has 0 atom stereocenters. The van der Waals surface area contributed by atoms with Crippen molar-refractivity contribution in [1.82, 2.24) is 10.2 Å². The van der Waals surface area contributed by atoms with Gasteiger partial charge in [-0.25, -0.2) is 8.78 Å². The Morgan fingerprint density at radius 3 is 2.65 bits per heavy atom. The van der Waals surface area contributed by atoms with Gasteiger partial charge in [0.15, 0.2) is 11.6 Å². The van der Waals surface area contributed by atoms with Gasteiger partial charge in [0.05, 0.1) is 6.10 Å². The van der Waals surface area contributed by atoms with Crippen molar-refractivity contribution in [2.45, 2.75) is 31.9 Å². The lowest BCUT2D eigenvalue weighted by atomic mass is 10.1. The molecule has 0 spiro atoms. The molecule has 1 fully saturated rings. The summed E-state index contributed by atoms with van der Waals surface area (Å²) >= 11 is 0. The highest BCUT2D eigenvalue weighted by Crippen LogP contribution is 2.10. The summed E-state index contributed by atoms with van der Waals surface area (Å²) in [4.78, 5) is 2.35. The fourth-order valence-corrected chi connectivity index (χ4v) is 2.45. The Morgan fingerprint density at radius 1 is 1.20 bits per heavy atom. The predicted molar refractivity (Wildman–Crippen MR) is 74.4 cm³/mol. The molecule has 1 saturated heterocycles. The first-order chi connectivity index (χ1) is 9.65. The fourth-order valence-electron chi connectivity index (χ4n) is 2.45. The zero-order valence-corrected chi connectivity index (χ0v) is 11.6. The first-order valence-corrected chi connectivity index (χ1v) is 7.20. The van der Waals surface area contributed by atoms with E-state index in [4.69, 9.17) is 0 Å². The van der Waals surface area contributed by atoms with E-state index in [1.165, 1.54) is 6.07 Å². The summed E-state index contributed by atoms with van der Waals surface area (Å²) in [6.45, 7) is 4.33. The predicted octanol–water partition coefficient (Wildman–Crippen LogP) is 1.90. The maximum Gasteiger partial charge on any atom is 0.159 e. The Morgan fingerprint density at radius 2 is 1.95 bits per heavy atom. The summed E-state index contributed by atoms with van der Waals surface area (Å²) in [5.41, 5.74) is 0.755. The molecular formula is C15H22F2N2O. The summed E-state index contributed by atoms with van der Waals surface area (Å²) < 4.78 is 25.8. The van der Waals surface area contributed by atoms with E-state index in [0.717, 1.165) is 57.1 Å². The van der Waals surface area contributed by atoms with E-state index in [2.05, 4.69) is 10.2 Å². The third-order valence-electron chi connectivity index (χ3n) is 3.70. The lowest BCUT2D eigenvalue weighted by molar-refractivity contribution is 0.0821. The Kier molecular flexibility index (Phi) is 5.88. The highest BCUT2D eigenvalue weighted by atomic mass is 19.2. The quantitative estimate of drug-likeness (QED) is 0.783. The molecule has 20 heavy (non-hydrogen) atoms. The van der Waals surface area contributed by atoms with Gasteiger partial charge in [0.25, 0.3) is 0 Å². The van der Waals surface area contributed by atoms with Gasteiger partial charge in [0.2, 0.25) is 0 Å². The van der Waals surface area contributed by atoms with Gasteiger partial charge in [0, 0.05) is 19.6 Å². The number of hydrogen-bond acceptors (Lipinski definition) is 3. The smallest absolute Gasteiger partial charge is 0.159 e. The number of piperidine rings is 1. The van der Waals surface area contributed by atoms with Gasteiger partial charge in [0.1, 0.15) is 0 Å². The molecule has 2 rings (SSSR count). The summed E-state index contributed by atoms with van der Waals surface area (Å²) in [6, 6.07) is 3.98. The van der Waals surface area contributed by atoms with Crippen LogP contribution in [-0.4, -0.2) is 42.3 Å². The van der Waals surface area contributed by atoms with Crippen LogP contribution < -0.4 is 5.32 Å². The first kappa shape index (κ1) is 15.4. The van der Waals surface area contributed by atoms with Gasteiger partial charge in [-0.15, -0.1) is 0 Å².